The third-order valence-electron chi connectivity index (χ3n) is 4.77. The summed E-state index contributed by atoms with van der Waals surface area (Å²) in [7, 11) is 1.27. The number of halogens is 3. The van der Waals surface area contributed by atoms with Crippen LogP contribution in [0.15, 0.2) is 36.5 Å². The summed E-state index contributed by atoms with van der Waals surface area (Å²) in [5, 5.41) is 42.8. The molecule has 1 aromatic carbocycles. The van der Waals surface area contributed by atoms with Crippen LogP contribution in [0.2, 0.25) is 0 Å². The van der Waals surface area contributed by atoms with Crippen molar-refractivity contribution in [2.24, 2.45) is 7.05 Å². The minimum absolute atomic E-state index is 0.0270. The number of benzene rings is 1. The number of aromatic hydroxyl groups is 2. The second kappa shape index (κ2) is 8.33. The van der Waals surface area contributed by atoms with E-state index < -0.39 is 45.5 Å². The second-order valence-electron chi connectivity index (χ2n) is 6.79. The molecule has 2 N–H and O–H groups in total. The van der Waals surface area contributed by atoms with Gasteiger partial charge in [-0.05, 0) is 25.1 Å². The van der Waals surface area contributed by atoms with E-state index in [-0.39, 0.29) is 33.9 Å². The van der Waals surface area contributed by atoms with Gasteiger partial charge in [-0.25, -0.2) is 4.79 Å². The van der Waals surface area contributed by atoms with Gasteiger partial charge in [0, 0.05) is 30.4 Å². The van der Waals surface area contributed by atoms with E-state index in [1.54, 1.807) is 0 Å². The van der Waals surface area contributed by atoms with Gasteiger partial charge >= 0.3 is 23.5 Å². The van der Waals surface area contributed by atoms with Crippen molar-refractivity contribution >= 4 is 11.7 Å². The van der Waals surface area contributed by atoms with E-state index >= 15 is 0 Å². The van der Waals surface area contributed by atoms with Gasteiger partial charge in [0.05, 0.1) is 28.4 Å². The van der Waals surface area contributed by atoms with Crippen molar-refractivity contribution in [1.82, 2.24) is 4.57 Å². The van der Waals surface area contributed by atoms with E-state index in [1.165, 1.54) is 14.0 Å². The minimum atomic E-state index is -5.08. The van der Waals surface area contributed by atoms with E-state index in [9.17, 15) is 43.5 Å². The number of aromatic nitrogens is 2. The molecular formula is C20H16F3N3O7. The van der Waals surface area contributed by atoms with Crippen LogP contribution < -0.4 is 4.73 Å². The Bertz CT molecular complexity index is 1270. The molecule has 0 fully saturated rings. The first-order valence-electron chi connectivity index (χ1n) is 9.25. The average molecular weight is 467 g/mol. The number of esters is 1. The molecule has 0 aliphatic carbocycles. The molecule has 0 saturated heterocycles. The Morgan fingerprint density at radius 2 is 1.94 bits per heavy atom. The van der Waals surface area contributed by atoms with Crippen molar-refractivity contribution in [3.8, 4) is 34.0 Å². The molecule has 0 saturated carbocycles. The van der Waals surface area contributed by atoms with E-state index in [0.717, 1.165) is 34.9 Å². The highest BCUT2D eigenvalue weighted by atomic mass is 19.4. The highest BCUT2D eigenvalue weighted by molar-refractivity contribution is 5.99. The number of rotatable bonds is 5. The highest BCUT2D eigenvalue weighted by Gasteiger charge is 2.44. The predicted molar refractivity (Wildman–Crippen MR) is 106 cm³/mol. The molecule has 0 aliphatic rings. The smallest absolute Gasteiger partial charge is 0.479 e. The number of hydrogen-bond donors (Lipinski definition) is 2. The van der Waals surface area contributed by atoms with Crippen molar-refractivity contribution in [2.45, 2.75) is 13.1 Å². The van der Waals surface area contributed by atoms with Crippen LogP contribution in [0.3, 0.4) is 0 Å². The zero-order valence-electron chi connectivity index (χ0n) is 17.1. The van der Waals surface area contributed by atoms with Gasteiger partial charge in [0.2, 0.25) is 5.75 Å². The summed E-state index contributed by atoms with van der Waals surface area (Å²) >= 11 is 0. The first-order valence-corrected chi connectivity index (χ1v) is 9.25. The van der Waals surface area contributed by atoms with Crippen LogP contribution in [0.4, 0.5) is 18.9 Å². The minimum Gasteiger partial charge on any atom is -0.618 e. The van der Waals surface area contributed by atoms with Gasteiger partial charge in [-0.3, -0.25) is 10.1 Å². The first kappa shape index (κ1) is 23.4. The van der Waals surface area contributed by atoms with Crippen molar-refractivity contribution < 1.29 is 42.6 Å². The summed E-state index contributed by atoms with van der Waals surface area (Å²) in [6, 6.07) is 5.00. The molecule has 0 amide bonds. The number of ether oxygens (including phenoxy) is 1. The Balaban J connectivity index is 2.39. The zero-order valence-corrected chi connectivity index (χ0v) is 17.1. The molecule has 0 radical (unpaired) electrons. The molecule has 3 aromatic rings. The quantitative estimate of drug-likeness (QED) is 0.146. The van der Waals surface area contributed by atoms with E-state index in [4.69, 9.17) is 4.74 Å². The number of carbonyl (C=O) groups excluding carboxylic acids is 1. The molecule has 0 spiro atoms. The molecule has 2 aromatic heterocycles. The van der Waals surface area contributed by atoms with E-state index in [0.29, 0.717) is 6.20 Å². The number of hydrogen-bond acceptors (Lipinski definition) is 7. The molecule has 0 unspecified atom stereocenters. The van der Waals surface area contributed by atoms with Crippen molar-refractivity contribution in [3.63, 3.8) is 0 Å². The largest absolute Gasteiger partial charge is 0.618 e. The van der Waals surface area contributed by atoms with Gasteiger partial charge in [0.1, 0.15) is 0 Å². The SMILES string of the molecule is CCOC(=O)c1cc(-c2cc(O)c(O)c([N+](=O)[O-])c2)n(C)c1-c1ccc[n+]([O-])c1C(F)(F)F. The van der Waals surface area contributed by atoms with Crippen molar-refractivity contribution in [2.75, 3.05) is 6.61 Å². The number of alkyl halides is 3. The van der Waals surface area contributed by atoms with E-state index in [2.05, 4.69) is 0 Å². The van der Waals surface area contributed by atoms with Gasteiger partial charge in [-0.2, -0.15) is 17.9 Å². The fraction of sp³-hybridized carbons (Fsp3) is 0.200. The number of carbonyl (C=O) groups is 1. The molecule has 0 atom stereocenters. The lowest BCUT2D eigenvalue weighted by Crippen LogP contribution is -2.37. The van der Waals surface area contributed by atoms with Crippen LogP contribution in [0.1, 0.15) is 23.0 Å². The van der Waals surface area contributed by atoms with Crippen LogP contribution >= 0.6 is 0 Å². The van der Waals surface area contributed by atoms with Crippen LogP contribution in [-0.4, -0.2) is 32.3 Å². The lowest BCUT2D eigenvalue weighted by molar-refractivity contribution is -0.628. The highest BCUT2D eigenvalue weighted by Crippen LogP contribution is 2.43. The standard InChI is InChI=1S/C20H16F3N3O7/c1-3-33-19(29)12-9-13(10-7-14(26(31)32)17(28)15(27)8-10)24(2)16(12)11-5-4-6-25(30)18(11)20(21,22)23/h4-9,27-28H,3H2,1-2H3. The summed E-state index contributed by atoms with van der Waals surface area (Å²) < 4.78 is 46.7. The summed E-state index contributed by atoms with van der Waals surface area (Å²) in [5.41, 5.74) is -3.87. The Kier molecular flexibility index (Phi) is 5.90. The number of phenolic OH excluding ortho intramolecular Hbond substituents is 2. The molecule has 0 aliphatic heterocycles. The Morgan fingerprint density at radius 3 is 2.52 bits per heavy atom. The topological polar surface area (TPSA) is 142 Å². The van der Waals surface area contributed by atoms with E-state index in [1.807, 2.05) is 0 Å². The van der Waals surface area contributed by atoms with Crippen LogP contribution in [0.25, 0.3) is 22.5 Å². The summed E-state index contributed by atoms with van der Waals surface area (Å²) in [4.78, 5) is 22.8. The Morgan fingerprint density at radius 1 is 1.27 bits per heavy atom. The lowest BCUT2D eigenvalue weighted by Gasteiger charge is -2.15. The fourth-order valence-corrected chi connectivity index (χ4v) is 3.42. The van der Waals surface area contributed by atoms with Gasteiger partial charge in [-0.1, -0.05) is 0 Å². The van der Waals surface area contributed by atoms with Gasteiger partial charge in [0.15, 0.2) is 11.9 Å². The maximum atomic E-state index is 13.7. The summed E-state index contributed by atoms with van der Waals surface area (Å²) in [6.45, 7) is 1.38. The fourth-order valence-electron chi connectivity index (χ4n) is 3.42. The van der Waals surface area contributed by atoms with Gasteiger partial charge in [-0.15, -0.1) is 0 Å². The van der Waals surface area contributed by atoms with Gasteiger partial charge < -0.3 is 24.7 Å². The van der Waals surface area contributed by atoms with Crippen molar-refractivity contribution in [1.29, 1.82) is 0 Å². The normalized spacial score (nSPS) is 11.4. The molecule has 0 bridgehead atoms. The molecule has 10 nitrogen and oxygen atoms in total. The zero-order chi connectivity index (χ0) is 24.7. The molecule has 33 heavy (non-hydrogen) atoms. The maximum absolute atomic E-state index is 13.7. The van der Waals surface area contributed by atoms with Crippen LogP contribution in [-0.2, 0) is 18.0 Å². The Labute approximate surface area is 183 Å². The average Bonchev–Trinajstić information content (AvgIpc) is 3.06. The molecular weight excluding hydrogens is 451 g/mol. The molecule has 2 heterocycles. The number of phenols is 2. The predicted octanol–water partition coefficient (Wildman–Crippen LogP) is 3.51. The third kappa shape index (κ3) is 4.12. The monoisotopic (exact) mass is 467 g/mol. The summed E-state index contributed by atoms with van der Waals surface area (Å²) in [5.74, 6) is -2.85. The first-order chi connectivity index (χ1) is 15.4. The van der Waals surface area contributed by atoms with Crippen molar-refractivity contribution in [3.05, 3.63) is 63.1 Å². The third-order valence-corrected chi connectivity index (χ3v) is 4.77. The molecule has 13 heteroatoms. The second-order valence-corrected chi connectivity index (χ2v) is 6.79. The lowest BCUT2D eigenvalue weighted by atomic mass is 10.1. The number of nitro benzene ring substituents is 1. The van der Waals surface area contributed by atoms with Crippen LogP contribution in [0, 0.1) is 15.3 Å². The van der Waals surface area contributed by atoms with Gasteiger partial charge in [0.25, 0.3) is 0 Å². The van der Waals surface area contributed by atoms with Crippen LogP contribution in [0.5, 0.6) is 11.5 Å². The molecule has 3 rings (SSSR count). The number of pyridine rings is 1. The molecule has 174 valence electrons. The number of nitro groups is 1. The maximum Gasteiger partial charge on any atom is 0.479 e. The number of nitrogens with zero attached hydrogens (tertiary/aromatic N) is 3. The Hall–Kier alpha value is -4.29. The summed E-state index contributed by atoms with van der Waals surface area (Å²) in [6.07, 6.45) is -4.42.